The summed E-state index contributed by atoms with van der Waals surface area (Å²) in [5.41, 5.74) is -1.37. The fourth-order valence-corrected chi connectivity index (χ4v) is 5.39. The lowest BCUT2D eigenvalue weighted by Crippen LogP contribution is -2.41. The van der Waals surface area contributed by atoms with Crippen molar-refractivity contribution in [3.63, 3.8) is 0 Å². The van der Waals surface area contributed by atoms with Gasteiger partial charge in [-0.25, -0.2) is 9.59 Å². The van der Waals surface area contributed by atoms with Gasteiger partial charge in [-0.3, -0.25) is 4.79 Å². The van der Waals surface area contributed by atoms with E-state index in [2.05, 4.69) is 13.8 Å². The molecule has 0 amide bonds. The number of carbonyl (C=O) groups excluding carboxylic acids is 3. The molecular formula is C42H88O8. The van der Waals surface area contributed by atoms with Gasteiger partial charge in [0.05, 0.1) is 6.61 Å². The fraction of sp³-hybridized carbons (Fsp3) is 0.929. The van der Waals surface area contributed by atoms with Crippen molar-refractivity contribution in [3.8, 4) is 0 Å². The van der Waals surface area contributed by atoms with Crippen LogP contribution in [0.15, 0.2) is 0 Å². The van der Waals surface area contributed by atoms with Gasteiger partial charge >= 0.3 is 17.9 Å². The molecule has 0 aliphatic carbocycles. The van der Waals surface area contributed by atoms with Gasteiger partial charge in [-0.05, 0) is 19.8 Å². The molecule has 0 saturated heterocycles. The first-order valence-corrected chi connectivity index (χ1v) is 19.1. The van der Waals surface area contributed by atoms with Gasteiger partial charge in [0.25, 0.3) is 0 Å². The Kier molecular flexibility index (Phi) is 50.2. The number of esters is 3. The number of rotatable bonds is 35. The standard InChI is InChI=1S/C38H72O8.4CH4/c1-4-6-8-10-12-14-16-17-18-19-20-21-23-25-27-29-43-32-36(41)46-34-38(3,33-45-35(40)31-39)37(42)44-30-28-26-24-22-15-13-11-9-7-5-2;;;;/h39H,4-34H2,1-3H3;4*1H4. The molecule has 0 aromatic carbocycles. The predicted molar refractivity (Wildman–Crippen MR) is 213 cm³/mol. The Balaban J connectivity index is -0.00000169. The Morgan fingerprint density at radius 3 is 1.14 bits per heavy atom. The topological polar surface area (TPSA) is 108 Å². The SMILES string of the molecule is C.C.C.C.CCCCCCCCCCCCCCCCCOCC(=O)OCC(C)(COC(=O)CO)C(=O)OCCCCCCCCCCCC. The molecule has 0 rings (SSSR count). The molecule has 0 fully saturated rings. The third-order valence-electron chi connectivity index (χ3n) is 8.57. The number of aliphatic hydroxyl groups excluding tert-OH is 1. The van der Waals surface area contributed by atoms with Gasteiger partial charge in [-0.1, -0.05) is 191 Å². The summed E-state index contributed by atoms with van der Waals surface area (Å²) < 4.78 is 21.3. The highest BCUT2D eigenvalue weighted by Gasteiger charge is 2.38. The van der Waals surface area contributed by atoms with Crippen molar-refractivity contribution in [2.75, 3.05) is 39.6 Å². The van der Waals surface area contributed by atoms with Gasteiger partial charge in [0, 0.05) is 6.61 Å². The van der Waals surface area contributed by atoms with Crippen LogP contribution >= 0.6 is 0 Å². The van der Waals surface area contributed by atoms with E-state index >= 15 is 0 Å². The minimum absolute atomic E-state index is 0. The van der Waals surface area contributed by atoms with Crippen LogP contribution < -0.4 is 0 Å². The number of hydrogen-bond acceptors (Lipinski definition) is 8. The number of ether oxygens (including phenoxy) is 4. The van der Waals surface area contributed by atoms with Crippen LogP contribution in [0.25, 0.3) is 0 Å². The molecule has 8 nitrogen and oxygen atoms in total. The highest BCUT2D eigenvalue weighted by Crippen LogP contribution is 2.21. The summed E-state index contributed by atoms with van der Waals surface area (Å²) in [5, 5.41) is 8.99. The van der Waals surface area contributed by atoms with Gasteiger partial charge < -0.3 is 24.1 Å². The van der Waals surface area contributed by atoms with Crippen LogP contribution in [0.4, 0.5) is 0 Å². The van der Waals surface area contributed by atoms with E-state index in [0.717, 1.165) is 32.1 Å². The van der Waals surface area contributed by atoms with Crippen molar-refractivity contribution in [2.45, 2.75) is 211 Å². The molecule has 8 heteroatoms. The van der Waals surface area contributed by atoms with Crippen molar-refractivity contribution in [1.82, 2.24) is 0 Å². The third kappa shape index (κ3) is 37.6. The lowest BCUT2D eigenvalue weighted by atomic mass is 9.93. The summed E-state index contributed by atoms with van der Waals surface area (Å²) in [6.45, 7) is 5.12. The van der Waals surface area contributed by atoms with E-state index in [-0.39, 0.29) is 56.1 Å². The van der Waals surface area contributed by atoms with Crippen LogP contribution in [0.1, 0.15) is 211 Å². The predicted octanol–water partition coefficient (Wildman–Crippen LogP) is 12.0. The summed E-state index contributed by atoms with van der Waals surface area (Å²) in [6, 6.07) is 0. The largest absolute Gasteiger partial charge is 0.465 e. The quantitative estimate of drug-likeness (QED) is 0.0391. The maximum absolute atomic E-state index is 12.9. The molecule has 0 saturated carbocycles. The van der Waals surface area contributed by atoms with Crippen LogP contribution in [0, 0.1) is 5.41 Å². The second-order valence-electron chi connectivity index (χ2n) is 13.4. The first kappa shape index (κ1) is 57.7. The maximum atomic E-state index is 12.9. The van der Waals surface area contributed by atoms with Gasteiger partial charge in [0.15, 0.2) is 0 Å². The minimum Gasteiger partial charge on any atom is -0.465 e. The molecule has 50 heavy (non-hydrogen) atoms. The van der Waals surface area contributed by atoms with Gasteiger partial charge in [0.1, 0.15) is 31.8 Å². The van der Waals surface area contributed by atoms with E-state index in [4.69, 9.17) is 24.1 Å². The molecule has 0 heterocycles. The summed E-state index contributed by atoms with van der Waals surface area (Å²) in [5.74, 6) is -2.03. The number of unbranched alkanes of at least 4 members (excludes halogenated alkanes) is 23. The number of hydrogen-bond donors (Lipinski definition) is 1. The molecule has 1 N–H and O–H groups in total. The van der Waals surface area contributed by atoms with Gasteiger partial charge in [-0.2, -0.15) is 0 Å². The Morgan fingerprint density at radius 2 is 0.780 bits per heavy atom. The van der Waals surface area contributed by atoms with Crippen LogP contribution in [-0.4, -0.2) is 62.7 Å². The maximum Gasteiger partial charge on any atom is 0.332 e. The van der Waals surface area contributed by atoms with Crippen molar-refractivity contribution in [2.24, 2.45) is 5.41 Å². The zero-order chi connectivity index (χ0) is 34.0. The molecule has 0 aromatic heterocycles. The van der Waals surface area contributed by atoms with Crippen molar-refractivity contribution < 1.29 is 38.4 Å². The summed E-state index contributed by atoms with van der Waals surface area (Å²) in [6.07, 6.45) is 31.1. The Labute approximate surface area is 311 Å². The highest BCUT2D eigenvalue weighted by molar-refractivity contribution is 5.78. The average molecular weight is 721 g/mol. The van der Waals surface area contributed by atoms with Crippen molar-refractivity contribution in [3.05, 3.63) is 0 Å². The van der Waals surface area contributed by atoms with E-state index in [1.54, 1.807) is 0 Å². The van der Waals surface area contributed by atoms with Crippen LogP contribution in [0.5, 0.6) is 0 Å². The van der Waals surface area contributed by atoms with Crippen molar-refractivity contribution in [1.29, 1.82) is 0 Å². The smallest absolute Gasteiger partial charge is 0.332 e. The molecule has 0 aromatic rings. The second kappa shape index (κ2) is 43.5. The lowest BCUT2D eigenvalue weighted by molar-refractivity contribution is -0.172. The molecule has 0 spiro atoms. The zero-order valence-electron chi connectivity index (χ0n) is 30.2. The molecule has 304 valence electrons. The molecule has 0 bridgehead atoms. The summed E-state index contributed by atoms with van der Waals surface area (Å²) in [7, 11) is 0. The lowest BCUT2D eigenvalue weighted by Gasteiger charge is -2.26. The molecule has 0 aliphatic rings. The van der Waals surface area contributed by atoms with E-state index in [1.807, 2.05) is 0 Å². The van der Waals surface area contributed by atoms with Crippen LogP contribution in [0.2, 0.25) is 0 Å². The molecular weight excluding hydrogens is 632 g/mol. The van der Waals surface area contributed by atoms with E-state index in [9.17, 15) is 14.4 Å². The third-order valence-corrected chi connectivity index (χ3v) is 8.57. The summed E-state index contributed by atoms with van der Waals surface area (Å²) >= 11 is 0. The fourth-order valence-electron chi connectivity index (χ4n) is 5.39. The summed E-state index contributed by atoms with van der Waals surface area (Å²) in [4.78, 5) is 36.7. The van der Waals surface area contributed by atoms with E-state index < -0.39 is 29.9 Å². The Morgan fingerprint density at radius 1 is 0.460 bits per heavy atom. The molecule has 0 aliphatic heterocycles. The number of carbonyl (C=O) groups is 3. The first-order chi connectivity index (χ1) is 22.4. The second-order valence-corrected chi connectivity index (χ2v) is 13.4. The monoisotopic (exact) mass is 721 g/mol. The molecule has 1 atom stereocenters. The van der Waals surface area contributed by atoms with Gasteiger partial charge in [0.2, 0.25) is 0 Å². The van der Waals surface area contributed by atoms with E-state index in [1.165, 1.54) is 135 Å². The Bertz CT molecular complexity index is 714. The Hall–Kier alpha value is -1.67. The van der Waals surface area contributed by atoms with Gasteiger partial charge in [-0.15, -0.1) is 0 Å². The van der Waals surface area contributed by atoms with Crippen LogP contribution in [-0.2, 0) is 33.3 Å². The number of aliphatic hydroxyl groups is 1. The van der Waals surface area contributed by atoms with Crippen molar-refractivity contribution >= 4 is 17.9 Å². The molecule has 0 radical (unpaired) electrons. The zero-order valence-corrected chi connectivity index (χ0v) is 30.2. The minimum atomic E-state index is -1.37. The first-order valence-electron chi connectivity index (χ1n) is 19.1. The van der Waals surface area contributed by atoms with Crippen LogP contribution in [0.3, 0.4) is 0 Å². The normalized spacial score (nSPS) is 11.5. The van der Waals surface area contributed by atoms with E-state index in [0.29, 0.717) is 6.61 Å². The highest BCUT2D eigenvalue weighted by atomic mass is 16.6. The average Bonchev–Trinajstić information content (AvgIpc) is 3.06. The molecule has 1 unspecified atom stereocenters.